The van der Waals surface area contributed by atoms with Crippen molar-refractivity contribution in [1.82, 2.24) is 25.2 Å². The molecule has 0 unspecified atom stereocenters. The van der Waals surface area contributed by atoms with Gasteiger partial charge in [0.05, 0.1) is 5.69 Å². The number of hydrogen-bond donors (Lipinski definition) is 3. The van der Waals surface area contributed by atoms with Crippen LogP contribution in [-0.4, -0.2) is 76.7 Å². The Balaban J connectivity index is 1.32. The van der Waals surface area contributed by atoms with Gasteiger partial charge in [-0.3, -0.25) is 4.79 Å². The number of benzene rings is 1. The van der Waals surface area contributed by atoms with Gasteiger partial charge in [-0.25, -0.2) is 19.7 Å². The maximum atomic E-state index is 12.4. The molecule has 2 aromatic heterocycles. The highest BCUT2D eigenvalue weighted by atomic mass is 16.6. The molecule has 4 rings (SSSR count). The lowest BCUT2D eigenvalue weighted by Crippen LogP contribution is -2.50. The van der Waals surface area contributed by atoms with Gasteiger partial charge in [0, 0.05) is 75.5 Å². The molecule has 1 aliphatic rings. The van der Waals surface area contributed by atoms with E-state index in [1.807, 2.05) is 51.1 Å². The zero-order valence-electron chi connectivity index (χ0n) is 23.6. The van der Waals surface area contributed by atoms with Gasteiger partial charge in [-0.05, 0) is 63.6 Å². The first-order valence-corrected chi connectivity index (χ1v) is 13.5. The van der Waals surface area contributed by atoms with E-state index in [2.05, 4.69) is 47.9 Å². The fraction of sp³-hybridized carbons (Fsp3) is 0.414. The fourth-order valence-corrected chi connectivity index (χ4v) is 4.18. The van der Waals surface area contributed by atoms with E-state index in [1.54, 1.807) is 17.3 Å². The number of amides is 2. The van der Waals surface area contributed by atoms with Crippen molar-refractivity contribution < 1.29 is 14.3 Å². The van der Waals surface area contributed by atoms with Gasteiger partial charge in [0.15, 0.2) is 0 Å². The van der Waals surface area contributed by atoms with Crippen molar-refractivity contribution in [3.05, 3.63) is 54.9 Å². The monoisotopic (exact) mass is 546 g/mol. The molecule has 11 heteroatoms. The molecular weight excluding hydrogens is 508 g/mol. The van der Waals surface area contributed by atoms with E-state index >= 15 is 0 Å². The number of nitrogens with one attached hydrogen (secondary N) is 3. The Labute approximate surface area is 235 Å². The van der Waals surface area contributed by atoms with E-state index in [4.69, 9.17) is 4.74 Å². The minimum atomic E-state index is -0.499. The summed E-state index contributed by atoms with van der Waals surface area (Å²) in [5.41, 5.74) is 3.08. The second-order valence-corrected chi connectivity index (χ2v) is 10.6. The van der Waals surface area contributed by atoms with Crippen LogP contribution in [0.2, 0.25) is 0 Å². The number of nitrogens with zero attached hydrogens (tertiary/aromatic N) is 5. The Morgan fingerprint density at radius 3 is 2.50 bits per heavy atom. The Morgan fingerprint density at radius 2 is 1.80 bits per heavy atom. The highest BCUT2D eigenvalue weighted by Crippen LogP contribution is 2.24. The van der Waals surface area contributed by atoms with Crippen LogP contribution in [-0.2, 0) is 9.53 Å². The summed E-state index contributed by atoms with van der Waals surface area (Å²) in [4.78, 5) is 40.9. The molecule has 2 amide bonds. The predicted molar refractivity (Wildman–Crippen MR) is 157 cm³/mol. The Hall–Kier alpha value is -4.41. The molecule has 3 heterocycles. The number of anilines is 4. The summed E-state index contributed by atoms with van der Waals surface area (Å²) in [6.45, 7) is 11.2. The van der Waals surface area contributed by atoms with Crippen LogP contribution in [0.4, 0.5) is 27.9 Å². The molecule has 0 bridgehead atoms. The molecule has 11 nitrogen and oxygen atoms in total. The smallest absolute Gasteiger partial charge is 0.410 e. The molecule has 0 aliphatic carbocycles. The summed E-state index contributed by atoms with van der Waals surface area (Å²) >= 11 is 0. The summed E-state index contributed by atoms with van der Waals surface area (Å²) in [6.07, 6.45) is 4.05. The van der Waals surface area contributed by atoms with Gasteiger partial charge < -0.3 is 30.5 Å². The molecule has 0 saturated carbocycles. The molecule has 40 heavy (non-hydrogen) atoms. The minimum Gasteiger partial charge on any atom is -0.444 e. The second-order valence-electron chi connectivity index (χ2n) is 10.6. The zero-order valence-corrected chi connectivity index (χ0v) is 23.6. The first kappa shape index (κ1) is 28.6. The lowest BCUT2D eigenvalue weighted by Gasteiger charge is -2.36. The molecule has 1 saturated heterocycles. The Morgan fingerprint density at radius 1 is 1.00 bits per heavy atom. The van der Waals surface area contributed by atoms with Crippen LogP contribution in [0.25, 0.3) is 11.3 Å². The summed E-state index contributed by atoms with van der Waals surface area (Å²) in [5, 5.41) is 9.34. The number of carbonyl (C=O) groups excluding carboxylic acids is 2. The van der Waals surface area contributed by atoms with Crippen LogP contribution in [0.15, 0.2) is 54.9 Å². The van der Waals surface area contributed by atoms with Crippen molar-refractivity contribution in [3.8, 4) is 11.3 Å². The lowest BCUT2D eigenvalue weighted by atomic mass is 10.2. The molecule has 1 aromatic carbocycles. The first-order chi connectivity index (χ1) is 19.2. The summed E-state index contributed by atoms with van der Waals surface area (Å²) in [5.74, 6) is 1.23. The number of ether oxygens (including phenoxy) is 1. The highest BCUT2D eigenvalue weighted by molar-refractivity contribution is 5.72. The van der Waals surface area contributed by atoms with Crippen LogP contribution < -0.4 is 20.9 Å². The maximum absolute atomic E-state index is 12.4. The summed E-state index contributed by atoms with van der Waals surface area (Å²) in [6, 6.07) is 13.8. The summed E-state index contributed by atoms with van der Waals surface area (Å²) < 4.78 is 5.51. The molecule has 212 valence electrons. The van der Waals surface area contributed by atoms with Gasteiger partial charge >= 0.3 is 6.09 Å². The van der Waals surface area contributed by atoms with Crippen LogP contribution in [0.3, 0.4) is 0 Å². The first-order valence-electron chi connectivity index (χ1n) is 13.5. The topological polar surface area (TPSA) is 125 Å². The average molecular weight is 547 g/mol. The van der Waals surface area contributed by atoms with E-state index in [0.29, 0.717) is 32.1 Å². The van der Waals surface area contributed by atoms with Gasteiger partial charge in [0.25, 0.3) is 0 Å². The third-order valence-corrected chi connectivity index (χ3v) is 6.15. The quantitative estimate of drug-likeness (QED) is 0.337. The van der Waals surface area contributed by atoms with Crippen LogP contribution in [0, 0.1) is 0 Å². The van der Waals surface area contributed by atoms with Crippen molar-refractivity contribution in [2.24, 2.45) is 0 Å². The fourth-order valence-electron chi connectivity index (χ4n) is 4.18. The molecule has 0 spiro atoms. The van der Waals surface area contributed by atoms with Crippen molar-refractivity contribution in [2.75, 3.05) is 54.8 Å². The van der Waals surface area contributed by atoms with E-state index in [1.165, 1.54) is 6.92 Å². The van der Waals surface area contributed by atoms with E-state index in [-0.39, 0.29) is 12.0 Å². The molecule has 0 radical (unpaired) electrons. The van der Waals surface area contributed by atoms with E-state index in [0.717, 1.165) is 48.0 Å². The molecular formula is C29H38N8O3. The normalized spacial score (nSPS) is 13.5. The van der Waals surface area contributed by atoms with Crippen molar-refractivity contribution in [3.63, 3.8) is 0 Å². The van der Waals surface area contributed by atoms with Crippen molar-refractivity contribution in [2.45, 2.75) is 39.7 Å². The highest BCUT2D eigenvalue weighted by Gasteiger charge is 2.26. The van der Waals surface area contributed by atoms with Crippen LogP contribution in [0.5, 0.6) is 0 Å². The molecule has 1 aliphatic heterocycles. The van der Waals surface area contributed by atoms with E-state index in [9.17, 15) is 9.59 Å². The van der Waals surface area contributed by atoms with Crippen LogP contribution >= 0.6 is 0 Å². The van der Waals surface area contributed by atoms with Crippen molar-refractivity contribution >= 4 is 35.1 Å². The van der Waals surface area contributed by atoms with Crippen molar-refractivity contribution in [1.29, 1.82) is 0 Å². The maximum Gasteiger partial charge on any atom is 0.410 e. The lowest BCUT2D eigenvalue weighted by molar-refractivity contribution is -0.118. The molecule has 3 aromatic rings. The standard InChI is InChI=1S/C29H38N8O3/c1-21(38)30-12-6-13-31-26-10-9-22(20-33-26)25-11-14-32-27(35-25)34-23-7-5-8-24(19-23)36-15-17-37(18-16-36)28(39)40-29(2,3)4/h5,7-11,14,19-20H,6,12-13,15-18H2,1-4H3,(H,30,38)(H,31,33)(H,32,34,35). The Bertz CT molecular complexity index is 1280. The van der Waals surface area contributed by atoms with Crippen LogP contribution in [0.1, 0.15) is 34.1 Å². The largest absolute Gasteiger partial charge is 0.444 e. The third-order valence-electron chi connectivity index (χ3n) is 6.15. The number of aromatic nitrogens is 3. The average Bonchev–Trinajstić information content (AvgIpc) is 2.92. The number of hydrogen-bond acceptors (Lipinski definition) is 9. The predicted octanol–water partition coefficient (Wildman–Crippen LogP) is 4.28. The number of carbonyl (C=O) groups is 2. The number of piperazine rings is 1. The zero-order chi connectivity index (χ0) is 28.5. The van der Waals surface area contributed by atoms with Gasteiger partial charge in [0.2, 0.25) is 11.9 Å². The second kappa shape index (κ2) is 13.1. The molecule has 1 fully saturated rings. The molecule has 0 atom stereocenters. The number of pyridine rings is 1. The minimum absolute atomic E-state index is 0.0240. The third kappa shape index (κ3) is 8.55. The Kier molecular flexibility index (Phi) is 9.36. The number of rotatable bonds is 9. The molecule has 3 N–H and O–H groups in total. The SMILES string of the molecule is CC(=O)NCCCNc1ccc(-c2ccnc(Nc3cccc(N4CCN(C(=O)OC(C)(C)C)CC4)c3)n2)cn1. The van der Waals surface area contributed by atoms with Gasteiger partial charge in [-0.1, -0.05) is 6.07 Å². The van der Waals surface area contributed by atoms with Gasteiger partial charge in [0.1, 0.15) is 11.4 Å². The van der Waals surface area contributed by atoms with Gasteiger partial charge in [-0.15, -0.1) is 0 Å². The summed E-state index contributed by atoms with van der Waals surface area (Å²) in [7, 11) is 0. The van der Waals surface area contributed by atoms with Gasteiger partial charge in [-0.2, -0.15) is 0 Å². The van der Waals surface area contributed by atoms with E-state index < -0.39 is 5.60 Å².